The lowest BCUT2D eigenvalue weighted by Gasteiger charge is -2.11. The van der Waals surface area contributed by atoms with E-state index in [9.17, 15) is 9.59 Å². The van der Waals surface area contributed by atoms with Gasteiger partial charge in [-0.15, -0.1) is 0 Å². The van der Waals surface area contributed by atoms with Gasteiger partial charge in [-0.05, 0) is 52.3 Å². The number of hydrogen-bond acceptors (Lipinski definition) is 4. The lowest BCUT2D eigenvalue weighted by molar-refractivity contribution is 0.0846. The van der Waals surface area contributed by atoms with E-state index in [1.807, 2.05) is 0 Å². The lowest BCUT2D eigenvalue weighted by Crippen LogP contribution is -2.41. The van der Waals surface area contributed by atoms with Crippen LogP contribution in [0.4, 0.5) is 0 Å². The molecule has 2 amide bonds. The van der Waals surface area contributed by atoms with E-state index in [2.05, 4.69) is 26.8 Å². The van der Waals surface area contributed by atoms with Gasteiger partial charge in [0.25, 0.3) is 11.8 Å². The minimum atomic E-state index is -0.557. The van der Waals surface area contributed by atoms with Crippen molar-refractivity contribution in [3.05, 3.63) is 62.0 Å². The maximum Gasteiger partial charge on any atom is 0.271 e. The zero-order valence-electron chi connectivity index (χ0n) is 13.6. The first kappa shape index (κ1) is 20.5. The summed E-state index contributed by atoms with van der Waals surface area (Å²) in [6.45, 7) is 0.840. The van der Waals surface area contributed by atoms with Crippen molar-refractivity contribution in [2.75, 3.05) is 20.3 Å². The fourth-order valence-corrected chi connectivity index (χ4v) is 2.91. The van der Waals surface area contributed by atoms with Crippen LogP contribution in [-0.2, 0) is 4.74 Å². The zero-order chi connectivity index (χ0) is 19.1. The number of amides is 2. The average Bonchev–Trinajstić information content (AvgIpc) is 2.61. The van der Waals surface area contributed by atoms with Crippen molar-refractivity contribution >= 4 is 50.9 Å². The zero-order valence-corrected chi connectivity index (χ0v) is 16.7. The van der Waals surface area contributed by atoms with Gasteiger partial charge >= 0.3 is 0 Å². The first-order valence-corrected chi connectivity index (χ1v) is 8.94. The summed E-state index contributed by atoms with van der Waals surface area (Å²) in [6.07, 6.45) is 0. The first-order valence-electron chi connectivity index (χ1n) is 7.39. The van der Waals surface area contributed by atoms with Gasteiger partial charge in [-0.1, -0.05) is 23.2 Å². The number of rotatable bonds is 6. The van der Waals surface area contributed by atoms with Gasteiger partial charge in [-0.3, -0.25) is 20.4 Å². The molecule has 0 bridgehead atoms. The molecule has 26 heavy (non-hydrogen) atoms. The van der Waals surface area contributed by atoms with Gasteiger partial charge < -0.3 is 9.47 Å². The molecule has 0 saturated heterocycles. The normalized spacial score (nSPS) is 10.3. The van der Waals surface area contributed by atoms with Crippen LogP contribution < -0.4 is 15.6 Å². The standard InChI is InChI=1S/C17H15BrCl2N2O4/c1-25-6-7-26-15-5-2-10(8-13(15)18)16(23)21-22-17(24)12-4-3-11(19)9-14(12)20/h2-5,8-9H,6-7H2,1H3,(H,21,23)(H,22,24). The SMILES string of the molecule is COCCOc1ccc(C(=O)NNC(=O)c2ccc(Cl)cc2Cl)cc1Br. The monoisotopic (exact) mass is 460 g/mol. The Labute approximate surface area is 168 Å². The van der Waals surface area contributed by atoms with E-state index in [1.165, 1.54) is 18.2 Å². The fraction of sp³-hybridized carbons (Fsp3) is 0.176. The highest BCUT2D eigenvalue weighted by atomic mass is 79.9. The Bertz CT molecular complexity index is 817. The maximum atomic E-state index is 12.2. The van der Waals surface area contributed by atoms with E-state index in [1.54, 1.807) is 25.3 Å². The van der Waals surface area contributed by atoms with Gasteiger partial charge in [0, 0.05) is 17.7 Å². The van der Waals surface area contributed by atoms with Crippen LogP contribution >= 0.6 is 39.1 Å². The predicted molar refractivity (Wildman–Crippen MR) is 103 cm³/mol. The summed E-state index contributed by atoms with van der Waals surface area (Å²) < 4.78 is 11.0. The molecule has 138 valence electrons. The summed E-state index contributed by atoms with van der Waals surface area (Å²) in [5, 5.41) is 0.595. The molecular weight excluding hydrogens is 447 g/mol. The molecule has 0 aliphatic heterocycles. The van der Waals surface area contributed by atoms with E-state index in [0.717, 1.165) is 0 Å². The van der Waals surface area contributed by atoms with Gasteiger partial charge in [0.1, 0.15) is 12.4 Å². The van der Waals surface area contributed by atoms with Gasteiger partial charge in [0.05, 0.1) is 21.7 Å². The molecule has 2 aromatic rings. The molecule has 2 N–H and O–H groups in total. The molecule has 0 radical (unpaired) electrons. The minimum Gasteiger partial charge on any atom is -0.490 e. The van der Waals surface area contributed by atoms with E-state index >= 15 is 0 Å². The van der Waals surface area contributed by atoms with Crippen molar-refractivity contribution < 1.29 is 19.1 Å². The Hall–Kier alpha value is -1.80. The van der Waals surface area contributed by atoms with E-state index in [0.29, 0.717) is 34.0 Å². The van der Waals surface area contributed by atoms with Crippen molar-refractivity contribution in [1.29, 1.82) is 0 Å². The summed E-state index contributed by atoms with van der Waals surface area (Å²) in [6, 6.07) is 9.24. The van der Waals surface area contributed by atoms with E-state index in [-0.39, 0.29) is 10.6 Å². The van der Waals surface area contributed by atoms with Crippen LogP contribution in [0.25, 0.3) is 0 Å². The molecule has 0 aliphatic carbocycles. The van der Waals surface area contributed by atoms with Crippen LogP contribution in [-0.4, -0.2) is 32.1 Å². The maximum absolute atomic E-state index is 12.2. The van der Waals surface area contributed by atoms with Crippen molar-refractivity contribution in [3.8, 4) is 5.75 Å². The molecule has 0 fully saturated rings. The highest BCUT2D eigenvalue weighted by Crippen LogP contribution is 2.26. The molecule has 2 aromatic carbocycles. The quantitative estimate of drug-likeness (QED) is 0.505. The number of hydrogen-bond donors (Lipinski definition) is 2. The molecule has 0 atom stereocenters. The van der Waals surface area contributed by atoms with Crippen molar-refractivity contribution in [1.82, 2.24) is 10.9 Å². The minimum absolute atomic E-state index is 0.185. The number of halogens is 3. The molecule has 0 saturated carbocycles. The third kappa shape index (κ3) is 5.60. The summed E-state index contributed by atoms with van der Waals surface area (Å²) in [5.41, 5.74) is 5.16. The summed E-state index contributed by atoms with van der Waals surface area (Å²) >= 11 is 15.1. The first-order chi connectivity index (χ1) is 12.4. The number of methoxy groups -OCH3 is 1. The second-order valence-corrected chi connectivity index (χ2v) is 6.72. The molecule has 2 rings (SSSR count). The fourth-order valence-electron chi connectivity index (χ4n) is 1.92. The summed E-state index contributed by atoms with van der Waals surface area (Å²) in [4.78, 5) is 24.3. The summed E-state index contributed by atoms with van der Waals surface area (Å²) in [7, 11) is 1.58. The van der Waals surface area contributed by atoms with Crippen LogP contribution in [0.3, 0.4) is 0 Å². The van der Waals surface area contributed by atoms with Crippen LogP contribution in [0.5, 0.6) is 5.75 Å². The van der Waals surface area contributed by atoms with Crippen LogP contribution in [0.2, 0.25) is 10.0 Å². The lowest BCUT2D eigenvalue weighted by atomic mass is 10.2. The molecule has 6 nitrogen and oxygen atoms in total. The van der Waals surface area contributed by atoms with Gasteiger partial charge in [-0.25, -0.2) is 0 Å². The molecule has 0 spiro atoms. The molecule has 0 unspecified atom stereocenters. The Morgan fingerprint density at radius 1 is 1.04 bits per heavy atom. The number of benzene rings is 2. The molecule has 9 heteroatoms. The molecule has 0 aliphatic rings. The highest BCUT2D eigenvalue weighted by Gasteiger charge is 2.13. The number of ether oxygens (including phenoxy) is 2. The largest absolute Gasteiger partial charge is 0.490 e. The summed E-state index contributed by atoms with van der Waals surface area (Å²) in [5.74, 6) is -0.471. The van der Waals surface area contributed by atoms with Crippen LogP contribution in [0, 0.1) is 0 Å². The third-order valence-electron chi connectivity index (χ3n) is 3.20. The molecule has 0 aromatic heterocycles. The molecule has 0 heterocycles. The van der Waals surface area contributed by atoms with E-state index < -0.39 is 11.8 Å². The average molecular weight is 462 g/mol. The number of carbonyl (C=O) groups is 2. The smallest absolute Gasteiger partial charge is 0.271 e. The van der Waals surface area contributed by atoms with Crippen LogP contribution in [0.15, 0.2) is 40.9 Å². The molecular formula is C17H15BrCl2N2O4. The highest BCUT2D eigenvalue weighted by molar-refractivity contribution is 9.10. The van der Waals surface area contributed by atoms with E-state index in [4.69, 9.17) is 32.7 Å². The third-order valence-corrected chi connectivity index (χ3v) is 4.37. The van der Waals surface area contributed by atoms with Gasteiger partial charge in [0.15, 0.2) is 0 Å². The number of nitrogens with one attached hydrogen (secondary N) is 2. The Kier molecular flexibility index (Phi) is 7.71. The van der Waals surface area contributed by atoms with Crippen molar-refractivity contribution in [3.63, 3.8) is 0 Å². The number of hydrazine groups is 1. The Morgan fingerprint density at radius 3 is 2.42 bits per heavy atom. The topological polar surface area (TPSA) is 76.7 Å². The van der Waals surface area contributed by atoms with Gasteiger partial charge in [-0.2, -0.15) is 0 Å². The second kappa shape index (κ2) is 9.78. The second-order valence-electron chi connectivity index (χ2n) is 5.02. The Balaban J connectivity index is 1.97. The van der Waals surface area contributed by atoms with Gasteiger partial charge in [0.2, 0.25) is 0 Å². The Morgan fingerprint density at radius 2 is 1.77 bits per heavy atom. The van der Waals surface area contributed by atoms with Crippen molar-refractivity contribution in [2.24, 2.45) is 0 Å². The predicted octanol–water partition coefficient (Wildman–Crippen LogP) is 3.86. The van der Waals surface area contributed by atoms with Crippen LogP contribution in [0.1, 0.15) is 20.7 Å². The van der Waals surface area contributed by atoms with Crippen molar-refractivity contribution in [2.45, 2.75) is 0 Å². The number of carbonyl (C=O) groups excluding carboxylic acids is 2.